The first-order valence-corrected chi connectivity index (χ1v) is 4.20. The van der Waals surface area contributed by atoms with Crippen LogP contribution in [0, 0.1) is 10.1 Å². The van der Waals surface area contributed by atoms with E-state index in [0.717, 1.165) is 12.1 Å². The molecule has 1 amide bonds. The molecule has 0 atom stereocenters. The van der Waals surface area contributed by atoms with Crippen molar-refractivity contribution in [3.8, 4) is 0 Å². The summed E-state index contributed by atoms with van der Waals surface area (Å²) in [5, 5.41) is 10.6. The van der Waals surface area contributed by atoms with Crippen LogP contribution in [0.25, 0.3) is 0 Å². The lowest BCUT2D eigenvalue weighted by Gasteiger charge is -2.10. The van der Waals surface area contributed by atoms with Crippen LogP contribution >= 0.6 is 0 Å². The van der Waals surface area contributed by atoms with Gasteiger partial charge in [0.25, 0.3) is 17.5 Å². The molecule has 0 aliphatic carbocycles. The molecule has 0 saturated carbocycles. The summed E-state index contributed by atoms with van der Waals surface area (Å²) in [7, 11) is 0. The molecule has 7 heteroatoms. The van der Waals surface area contributed by atoms with Crippen molar-refractivity contribution in [2.24, 2.45) is 5.73 Å². The fourth-order valence-electron chi connectivity index (χ4n) is 1.16. The van der Waals surface area contributed by atoms with Crippen LogP contribution in [0.5, 0.6) is 0 Å². The number of hydrogen-bond acceptors (Lipinski definition) is 3. The molecular weight excluding hydrogens is 222 g/mol. The zero-order chi connectivity index (χ0) is 12.5. The van der Waals surface area contributed by atoms with E-state index >= 15 is 0 Å². The van der Waals surface area contributed by atoms with E-state index in [2.05, 4.69) is 0 Å². The third-order valence-electron chi connectivity index (χ3n) is 1.97. The zero-order valence-corrected chi connectivity index (χ0v) is 8.24. The van der Waals surface area contributed by atoms with Crippen LogP contribution in [0.3, 0.4) is 0 Å². The maximum atomic E-state index is 12.9. The van der Waals surface area contributed by atoms with Gasteiger partial charge >= 0.3 is 0 Å². The summed E-state index contributed by atoms with van der Waals surface area (Å²) in [4.78, 5) is 20.5. The summed E-state index contributed by atoms with van der Waals surface area (Å²) in [5.41, 5.74) is 3.24. The Kier molecular flexibility index (Phi) is 2.88. The summed E-state index contributed by atoms with van der Waals surface area (Å²) in [6, 6.07) is 2.51. The van der Waals surface area contributed by atoms with Gasteiger partial charge in [-0.2, -0.15) is 0 Å². The minimum absolute atomic E-state index is 0.391. The van der Waals surface area contributed by atoms with Gasteiger partial charge in [-0.05, 0) is 6.07 Å². The molecule has 0 aromatic heterocycles. The van der Waals surface area contributed by atoms with Gasteiger partial charge in [-0.25, -0.2) is 8.78 Å². The molecule has 0 heterocycles. The number of carbonyl (C=O) groups excluding carboxylic acids is 1. The number of halogens is 2. The van der Waals surface area contributed by atoms with Crippen molar-refractivity contribution in [1.29, 1.82) is 0 Å². The summed E-state index contributed by atoms with van der Waals surface area (Å²) in [6.07, 6.45) is 0. The average molecular weight is 230 g/mol. The van der Waals surface area contributed by atoms with Crippen molar-refractivity contribution in [1.82, 2.24) is 0 Å². The standard InChI is InChI=1S/C9H8F2N2O3/c1-9(10,11)5-2-3-6(8(12)14)7(4-5)13(15)16/h2-4H,1H3,(H2,12,14). The number of primary amides is 1. The van der Waals surface area contributed by atoms with Gasteiger partial charge in [-0.1, -0.05) is 6.07 Å². The van der Waals surface area contributed by atoms with Crippen LogP contribution in [-0.2, 0) is 5.92 Å². The molecule has 0 aliphatic heterocycles. The number of nitrogens with zero attached hydrogens (tertiary/aromatic N) is 1. The molecule has 16 heavy (non-hydrogen) atoms. The Morgan fingerprint density at radius 3 is 2.44 bits per heavy atom. The van der Waals surface area contributed by atoms with Gasteiger partial charge < -0.3 is 5.73 Å². The number of rotatable bonds is 3. The highest BCUT2D eigenvalue weighted by Gasteiger charge is 2.28. The van der Waals surface area contributed by atoms with Gasteiger partial charge in [0.1, 0.15) is 5.56 Å². The highest BCUT2D eigenvalue weighted by atomic mass is 19.3. The molecule has 1 aromatic rings. The van der Waals surface area contributed by atoms with Crippen LogP contribution < -0.4 is 5.73 Å². The number of benzene rings is 1. The number of amides is 1. The summed E-state index contributed by atoms with van der Waals surface area (Å²) in [5.74, 6) is -4.24. The lowest BCUT2D eigenvalue weighted by Crippen LogP contribution is -2.15. The van der Waals surface area contributed by atoms with E-state index in [4.69, 9.17) is 5.73 Å². The molecule has 0 bridgehead atoms. The Labute approximate surface area is 89.0 Å². The third kappa shape index (κ3) is 2.30. The van der Waals surface area contributed by atoms with Gasteiger partial charge in [0.15, 0.2) is 0 Å². The molecule has 1 aromatic carbocycles. The van der Waals surface area contributed by atoms with Crippen LogP contribution in [0.2, 0.25) is 0 Å². The first-order valence-electron chi connectivity index (χ1n) is 4.20. The van der Waals surface area contributed by atoms with Crippen LogP contribution in [0.15, 0.2) is 18.2 Å². The molecular formula is C9H8F2N2O3. The Morgan fingerprint density at radius 2 is 2.06 bits per heavy atom. The molecule has 2 N–H and O–H groups in total. The molecule has 0 aliphatic rings. The first-order chi connectivity index (χ1) is 7.23. The number of nitrogens with two attached hydrogens (primary N) is 1. The minimum atomic E-state index is -3.21. The Morgan fingerprint density at radius 1 is 1.50 bits per heavy atom. The Bertz CT molecular complexity index is 455. The maximum absolute atomic E-state index is 12.9. The van der Waals surface area contributed by atoms with Crippen LogP contribution in [0.1, 0.15) is 22.8 Å². The molecule has 0 unspecified atom stereocenters. The second kappa shape index (κ2) is 3.84. The van der Waals surface area contributed by atoms with E-state index in [-0.39, 0.29) is 0 Å². The SMILES string of the molecule is CC(F)(F)c1ccc(C(N)=O)c([N+](=O)[O-])c1. The van der Waals surface area contributed by atoms with Crippen molar-refractivity contribution in [3.05, 3.63) is 39.4 Å². The molecule has 1 rings (SSSR count). The van der Waals surface area contributed by atoms with Gasteiger partial charge in [-0.15, -0.1) is 0 Å². The van der Waals surface area contributed by atoms with E-state index in [1.807, 2.05) is 0 Å². The van der Waals surface area contributed by atoms with Crippen molar-refractivity contribution in [2.75, 3.05) is 0 Å². The maximum Gasteiger partial charge on any atom is 0.282 e. The number of carbonyl (C=O) groups is 1. The number of nitro groups is 1. The van der Waals surface area contributed by atoms with E-state index in [0.29, 0.717) is 13.0 Å². The van der Waals surface area contributed by atoms with Crippen LogP contribution in [-0.4, -0.2) is 10.8 Å². The Hall–Kier alpha value is -2.05. The first kappa shape index (κ1) is 12.0. The second-order valence-corrected chi connectivity index (χ2v) is 3.24. The number of hydrogen-bond donors (Lipinski definition) is 1. The topological polar surface area (TPSA) is 86.2 Å². The number of alkyl halides is 2. The highest BCUT2D eigenvalue weighted by molar-refractivity contribution is 5.97. The van der Waals surface area contributed by atoms with E-state index < -0.39 is 33.6 Å². The predicted octanol–water partition coefficient (Wildman–Crippen LogP) is 1.81. The lowest BCUT2D eigenvalue weighted by molar-refractivity contribution is -0.385. The molecule has 0 fully saturated rings. The Balaban J connectivity index is 3.40. The minimum Gasteiger partial charge on any atom is -0.365 e. The average Bonchev–Trinajstić information content (AvgIpc) is 2.15. The van der Waals surface area contributed by atoms with Crippen LogP contribution in [0.4, 0.5) is 14.5 Å². The van der Waals surface area contributed by atoms with E-state index in [1.165, 1.54) is 0 Å². The molecule has 0 saturated heterocycles. The van der Waals surface area contributed by atoms with Crippen molar-refractivity contribution in [2.45, 2.75) is 12.8 Å². The fourth-order valence-corrected chi connectivity index (χ4v) is 1.16. The van der Waals surface area contributed by atoms with E-state index in [1.54, 1.807) is 0 Å². The van der Waals surface area contributed by atoms with E-state index in [9.17, 15) is 23.7 Å². The molecule has 86 valence electrons. The second-order valence-electron chi connectivity index (χ2n) is 3.24. The van der Waals surface area contributed by atoms with Gasteiger partial charge in [0.05, 0.1) is 4.92 Å². The highest BCUT2D eigenvalue weighted by Crippen LogP contribution is 2.31. The quantitative estimate of drug-likeness (QED) is 0.634. The predicted molar refractivity (Wildman–Crippen MR) is 51.2 cm³/mol. The lowest BCUT2D eigenvalue weighted by atomic mass is 10.0. The van der Waals surface area contributed by atoms with Gasteiger partial charge in [-0.3, -0.25) is 14.9 Å². The normalized spacial score (nSPS) is 11.2. The summed E-state index contributed by atoms with van der Waals surface area (Å²) >= 11 is 0. The largest absolute Gasteiger partial charge is 0.365 e. The number of nitro benzene ring substituents is 1. The third-order valence-corrected chi connectivity index (χ3v) is 1.97. The monoisotopic (exact) mass is 230 g/mol. The molecule has 0 radical (unpaired) electrons. The van der Waals surface area contributed by atoms with Crippen molar-refractivity contribution >= 4 is 11.6 Å². The smallest absolute Gasteiger partial charge is 0.282 e. The zero-order valence-electron chi connectivity index (χ0n) is 8.24. The van der Waals surface area contributed by atoms with Gasteiger partial charge in [0.2, 0.25) is 0 Å². The summed E-state index contributed by atoms with van der Waals surface area (Å²) in [6.45, 7) is 0.607. The molecule has 5 nitrogen and oxygen atoms in total. The summed E-state index contributed by atoms with van der Waals surface area (Å²) < 4.78 is 25.8. The molecule has 0 spiro atoms. The van der Waals surface area contributed by atoms with Crippen molar-refractivity contribution < 1.29 is 18.5 Å². The van der Waals surface area contributed by atoms with Gasteiger partial charge in [0, 0.05) is 18.6 Å². The fraction of sp³-hybridized carbons (Fsp3) is 0.222. The van der Waals surface area contributed by atoms with Crippen molar-refractivity contribution in [3.63, 3.8) is 0 Å².